The number of carbonyl (C=O) groups is 1. The summed E-state index contributed by atoms with van der Waals surface area (Å²) in [5, 5.41) is 5.04. The van der Waals surface area contributed by atoms with Crippen molar-refractivity contribution in [1.82, 2.24) is 0 Å². The lowest BCUT2D eigenvalue weighted by Gasteiger charge is -2.12. The van der Waals surface area contributed by atoms with Crippen molar-refractivity contribution in [3.05, 3.63) is 70.8 Å². The van der Waals surface area contributed by atoms with E-state index in [1.807, 2.05) is 20.8 Å². The first-order valence-corrected chi connectivity index (χ1v) is 12.8. The first-order chi connectivity index (χ1) is 16.6. The van der Waals surface area contributed by atoms with Gasteiger partial charge in [-0.25, -0.2) is 8.42 Å². The molecule has 0 saturated carbocycles. The zero-order valence-corrected chi connectivity index (χ0v) is 22.7. The molecule has 2 aromatic rings. The van der Waals surface area contributed by atoms with Crippen LogP contribution < -0.4 is 5.14 Å². The Morgan fingerprint density at radius 3 is 1.43 bits per heavy atom. The van der Waals surface area contributed by atoms with Crippen molar-refractivity contribution < 1.29 is 39.6 Å². The highest BCUT2D eigenvalue weighted by Gasteiger charge is 2.31. The Morgan fingerprint density at radius 1 is 0.730 bits per heavy atom. The molecular formula is C24H30F6N2O3S2. The molecule has 0 aliphatic heterocycles. The van der Waals surface area contributed by atoms with Gasteiger partial charge in [0.25, 0.3) is 0 Å². The summed E-state index contributed by atoms with van der Waals surface area (Å²) in [4.78, 5) is 10.1. The van der Waals surface area contributed by atoms with E-state index in [0.717, 1.165) is 24.3 Å². The Hall–Kier alpha value is -2.38. The highest BCUT2D eigenvalue weighted by Crippen LogP contribution is 2.30. The molecule has 0 aromatic heterocycles. The minimum Gasteiger partial charge on any atom is -0.298 e. The van der Waals surface area contributed by atoms with Crippen LogP contribution >= 0.6 is 0 Å². The van der Waals surface area contributed by atoms with Crippen LogP contribution in [0.3, 0.4) is 0 Å². The molecular weight excluding hydrogens is 542 g/mol. The lowest BCUT2D eigenvalue weighted by atomic mass is 10.1. The lowest BCUT2D eigenvalue weighted by Crippen LogP contribution is -2.27. The molecule has 13 heteroatoms. The summed E-state index contributed by atoms with van der Waals surface area (Å²) < 4.78 is 98.3. The monoisotopic (exact) mass is 572 g/mol. The summed E-state index contributed by atoms with van der Waals surface area (Å²) in [5.41, 5.74) is -1.23. The molecule has 0 spiro atoms. The van der Waals surface area contributed by atoms with E-state index < -0.39 is 50.2 Å². The second-order valence-corrected chi connectivity index (χ2v) is 13.1. The Morgan fingerprint density at radius 2 is 1.11 bits per heavy atom. The molecule has 208 valence electrons. The first kappa shape index (κ1) is 34.6. The quantitative estimate of drug-likeness (QED) is 0.258. The molecule has 0 aliphatic rings. The van der Waals surface area contributed by atoms with Gasteiger partial charge in [-0.1, -0.05) is 24.3 Å². The van der Waals surface area contributed by atoms with Crippen LogP contribution in [0.4, 0.5) is 26.3 Å². The van der Waals surface area contributed by atoms with Gasteiger partial charge >= 0.3 is 12.4 Å². The zero-order valence-electron chi connectivity index (χ0n) is 21.1. The second-order valence-electron chi connectivity index (χ2n) is 9.37. The average Bonchev–Trinajstić information content (AvgIpc) is 2.76. The highest BCUT2D eigenvalue weighted by atomic mass is 32.2. The molecule has 2 aromatic carbocycles. The van der Waals surface area contributed by atoms with Crippen molar-refractivity contribution in [2.24, 2.45) is 9.54 Å². The largest absolute Gasteiger partial charge is 0.416 e. The lowest BCUT2D eigenvalue weighted by molar-refractivity contribution is -0.138. The van der Waals surface area contributed by atoms with E-state index in [1.54, 1.807) is 20.8 Å². The average molecular weight is 573 g/mol. The van der Waals surface area contributed by atoms with Gasteiger partial charge in [-0.2, -0.15) is 30.7 Å². The molecule has 2 N–H and O–H groups in total. The maximum atomic E-state index is 12.5. The Labute approximate surface area is 217 Å². The van der Waals surface area contributed by atoms with Crippen LogP contribution in [0.2, 0.25) is 0 Å². The minimum absolute atomic E-state index is 0.0322. The molecule has 5 nitrogen and oxygen atoms in total. The molecule has 0 bridgehead atoms. The van der Waals surface area contributed by atoms with Gasteiger partial charge in [-0.05, 0) is 71.4 Å². The fourth-order valence-corrected chi connectivity index (χ4v) is 2.38. The summed E-state index contributed by atoms with van der Waals surface area (Å²) in [7, 11) is -2.66. The fraction of sp³-hybridized carbons (Fsp3) is 0.417. The molecule has 0 amide bonds. The van der Waals surface area contributed by atoms with Crippen LogP contribution in [0.5, 0.6) is 0 Å². The molecule has 0 unspecified atom stereocenters. The second kappa shape index (κ2) is 14.0. The summed E-state index contributed by atoms with van der Waals surface area (Å²) in [6, 6.07) is 9.00. The number of aldehydes is 1. The van der Waals surface area contributed by atoms with Gasteiger partial charge in [0.15, 0.2) is 0 Å². The Balaban J connectivity index is 0.000000586. The minimum atomic E-state index is -4.38. The van der Waals surface area contributed by atoms with E-state index in [1.165, 1.54) is 30.5 Å². The standard InChI is InChI=1S/C12H14F3NOS.C8H5F3O.C4H11NOS/c1-11(2,3)18(17)16-8-9-5-4-6-10(7-9)12(13,14)15;9-8(10,11)7-3-1-2-6(4-7)5-12;1-4(2,3)7(5)6/h4-8H,1-3H3;1-5H;5H2,1-3H3/t18-;;7-/m1.1/s1. The number of hydrogen-bond donors (Lipinski definition) is 1. The van der Waals surface area contributed by atoms with Crippen LogP contribution in [-0.2, 0) is 34.3 Å². The normalized spacial score (nSPS) is 14.1. The molecule has 0 saturated heterocycles. The molecule has 0 fully saturated rings. The van der Waals surface area contributed by atoms with E-state index in [4.69, 9.17) is 5.14 Å². The van der Waals surface area contributed by atoms with Crippen molar-refractivity contribution in [3.63, 3.8) is 0 Å². The van der Waals surface area contributed by atoms with Crippen molar-refractivity contribution in [3.8, 4) is 0 Å². The van der Waals surface area contributed by atoms with Crippen molar-refractivity contribution in [1.29, 1.82) is 0 Å². The van der Waals surface area contributed by atoms with Gasteiger partial charge in [0.2, 0.25) is 0 Å². The van der Waals surface area contributed by atoms with Crippen molar-refractivity contribution in [2.75, 3.05) is 0 Å². The van der Waals surface area contributed by atoms with Crippen LogP contribution in [0.1, 0.15) is 68.6 Å². The number of nitrogens with two attached hydrogens (primary N) is 1. The molecule has 0 heterocycles. The number of rotatable bonds is 3. The van der Waals surface area contributed by atoms with E-state index in [-0.39, 0.29) is 15.9 Å². The topological polar surface area (TPSA) is 89.6 Å². The number of nitrogens with zero attached hydrogens (tertiary/aromatic N) is 1. The van der Waals surface area contributed by atoms with Gasteiger partial charge in [0, 0.05) is 11.8 Å². The number of carbonyl (C=O) groups excluding carboxylic acids is 1. The van der Waals surface area contributed by atoms with E-state index in [0.29, 0.717) is 6.29 Å². The number of benzene rings is 2. The van der Waals surface area contributed by atoms with Crippen molar-refractivity contribution >= 4 is 34.5 Å². The maximum Gasteiger partial charge on any atom is 0.416 e. The zero-order chi connectivity index (χ0) is 29.2. The van der Waals surface area contributed by atoms with Gasteiger partial charge in [-0.3, -0.25) is 9.93 Å². The third-order valence-corrected chi connectivity index (χ3v) is 6.54. The van der Waals surface area contributed by atoms with Crippen LogP contribution in [0.25, 0.3) is 0 Å². The van der Waals surface area contributed by atoms with Crippen LogP contribution in [0.15, 0.2) is 52.9 Å². The number of halogens is 6. The molecule has 0 radical (unpaired) electrons. The fourth-order valence-electron chi connectivity index (χ4n) is 1.85. The molecule has 2 rings (SSSR count). The summed E-state index contributed by atoms with van der Waals surface area (Å²) >= 11 is 0. The van der Waals surface area contributed by atoms with Crippen LogP contribution in [-0.4, -0.2) is 30.4 Å². The van der Waals surface area contributed by atoms with E-state index >= 15 is 0 Å². The van der Waals surface area contributed by atoms with Crippen molar-refractivity contribution in [2.45, 2.75) is 63.4 Å². The Bertz CT molecular complexity index is 1100. The number of hydrogen-bond acceptors (Lipinski definition) is 3. The number of alkyl halides is 6. The molecule has 2 atom stereocenters. The smallest absolute Gasteiger partial charge is 0.298 e. The van der Waals surface area contributed by atoms with Crippen LogP contribution in [0, 0.1) is 0 Å². The maximum absolute atomic E-state index is 12.5. The third kappa shape index (κ3) is 14.2. The van der Waals surface area contributed by atoms with E-state index in [9.17, 15) is 39.6 Å². The van der Waals surface area contributed by atoms with Gasteiger partial charge in [0.1, 0.15) is 17.3 Å². The first-order valence-electron chi connectivity index (χ1n) is 10.5. The summed E-state index contributed by atoms with van der Waals surface area (Å²) in [6.45, 7) is 10.7. The SMILES string of the molecule is CC(C)(C)[S@@](=O)N=Cc1cccc(C(F)(F)F)c1.CC(C)(C)[S@](N)=O.O=Cc1cccc(C(F)(F)F)c1. The van der Waals surface area contributed by atoms with Gasteiger partial charge in [0.05, 0.1) is 31.6 Å². The predicted octanol–water partition coefficient (Wildman–Crippen LogP) is 6.51. The molecule has 37 heavy (non-hydrogen) atoms. The predicted molar refractivity (Wildman–Crippen MR) is 136 cm³/mol. The van der Waals surface area contributed by atoms with Gasteiger partial charge < -0.3 is 0 Å². The highest BCUT2D eigenvalue weighted by molar-refractivity contribution is 7.85. The summed E-state index contributed by atoms with van der Waals surface area (Å²) in [5.74, 6) is 0. The Kier molecular flexibility index (Phi) is 13.1. The van der Waals surface area contributed by atoms with E-state index in [2.05, 4.69) is 4.40 Å². The summed E-state index contributed by atoms with van der Waals surface area (Å²) in [6.07, 6.45) is -7.17. The van der Waals surface area contributed by atoms with Gasteiger partial charge in [-0.15, -0.1) is 0 Å². The molecule has 0 aliphatic carbocycles. The third-order valence-electron chi connectivity index (χ3n) is 3.99.